The lowest BCUT2D eigenvalue weighted by Crippen LogP contribution is -2.43. The zero-order valence-electron chi connectivity index (χ0n) is 21.5. The van der Waals surface area contributed by atoms with E-state index < -0.39 is 11.3 Å². The van der Waals surface area contributed by atoms with Crippen molar-refractivity contribution in [2.24, 2.45) is 11.3 Å². The molecule has 2 aromatic carbocycles. The average molecular weight is 507 g/mol. The third-order valence-corrected chi connectivity index (χ3v) is 7.49. The summed E-state index contributed by atoms with van der Waals surface area (Å²) in [4.78, 5) is 40.4. The van der Waals surface area contributed by atoms with E-state index in [1.807, 2.05) is 65.6 Å². The highest BCUT2D eigenvalue weighted by molar-refractivity contribution is 5.84. The highest BCUT2D eigenvalue weighted by atomic mass is 16.5. The number of benzene rings is 2. The van der Waals surface area contributed by atoms with E-state index in [0.29, 0.717) is 31.7 Å². The number of para-hydroxylation sites is 1. The molecular weight excluding hydrogens is 468 g/mol. The van der Waals surface area contributed by atoms with E-state index >= 15 is 0 Å². The molecule has 1 atom stereocenters. The SMILES string of the molecule is O=C(OCc1ccccc1)C(COc1ccccc1)CC1(C(=O)NCCCN2CCCC2=O)CCCC1. The third kappa shape index (κ3) is 7.57. The molecule has 1 N–H and O–H groups in total. The van der Waals surface area contributed by atoms with E-state index in [1.54, 1.807) is 0 Å². The number of nitrogens with one attached hydrogen (secondary N) is 1. The van der Waals surface area contributed by atoms with E-state index in [1.165, 1.54) is 0 Å². The topological polar surface area (TPSA) is 84.9 Å². The van der Waals surface area contributed by atoms with E-state index in [-0.39, 0.29) is 31.0 Å². The number of esters is 1. The smallest absolute Gasteiger partial charge is 0.312 e. The van der Waals surface area contributed by atoms with Gasteiger partial charge in [0.1, 0.15) is 19.0 Å². The number of carbonyl (C=O) groups excluding carboxylic acids is 3. The molecule has 7 heteroatoms. The number of nitrogens with zero attached hydrogens (tertiary/aromatic N) is 1. The van der Waals surface area contributed by atoms with Crippen LogP contribution < -0.4 is 10.1 Å². The minimum absolute atomic E-state index is 0.00156. The standard InChI is InChI=1S/C30H38N2O5/c33-27-15-9-19-32(27)20-10-18-31-29(35)30(16-7-8-17-30)21-25(23-36-26-13-5-2-6-14-26)28(34)37-22-24-11-3-1-4-12-24/h1-6,11-14,25H,7-10,15-23H2,(H,31,35). The van der Waals surface area contributed by atoms with Crippen LogP contribution in [0, 0.1) is 11.3 Å². The highest BCUT2D eigenvalue weighted by Crippen LogP contribution is 2.44. The van der Waals surface area contributed by atoms with E-state index in [4.69, 9.17) is 9.47 Å². The lowest BCUT2D eigenvalue weighted by Gasteiger charge is -2.31. The molecule has 0 bridgehead atoms. The maximum Gasteiger partial charge on any atom is 0.312 e. The van der Waals surface area contributed by atoms with Crippen molar-refractivity contribution in [3.05, 3.63) is 66.2 Å². The minimum atomic E-state index is -0.611. The molecule has 4 rings (SSSR count). The summed E-state index contributed by atoms with van der Waals surface area (Å²) >= 11 is 0. The van der Waals surface area contributed by atoms with Crippen LogP contribution in [0.25, 0.3) is 0 Å². The summed E-state index contributed by atoms with van der Waals surface area (Å²) in [5, 5.41) is 3.11. The van der Waals surface area contributed by atoms with Gasteiger partial charge in [0.2, 0.25) is 11.8 Å². The Balaban J connectivity index is 1.38. The van der Waals surface area contributed by atoms with Crippen LogP contribution in [-0.2, 0) is 25.7 Å². The summed E-state index contributed by atoms with van der Waals surface area (Å²) in [6.07, 6.45) is 6.08. The van der Waals surface area contributed by atoms with Crippen LogP contribution in [0.1, 0.15) is 56.9 Å². The van der Waals surface area contributed by atoms with Crippen molar-refractivity contribution < 1.29 is 23.9 Å². The van der Waals surface area contributed by atoms with E-state index in [0.717, 1.165) is 50.6 Å². The van der Waals surface area contributed by atoms with Gasteiger partial charge in [-0.3, -0.25) is 14.4 Å². The Bertz CT molecular complexity index is 1020. The Kier molecular flexibility index (Phi) is 9.58. The van der Waals surface area contributed by atoms with Gasteiger partial charge in [-0.05, 0) is 49.8 Å². The van der Waals surface area contributed by atoms with Crippen LogP contribution in [0.15, 0.2) is 60.7 Å². The van der Waals surface area contributed by atoms with Gasteiger partial charge in [-0.1, -0.05) is 61.4 Å². The summed E-state index contributed by atoms with van der Waals surface area (Å²) in [6.45, 7) is 2.35. The van der Waals surface area contributed by atoms with Gasteiger partial charge in [0.25, 0.3) is 0 Å². The van der Waals surface area contributed by atoms with Crippen LogP contribution in [-0.4, -0.2) is 48.9 Å². The Morgan fingerprint density at radius 1 is 0.973 bits per heavy atom. The third-order valence-electron chi connectivity index (χ3n) is 7.49. The summed E-state index contributed by atoms with van der Waals surface area (Å²) < 4.78 is 11.7. The fraction of sp³-hybridized carbons (Fsp3) is 0.500. The molecule has 7 nitrogen and oxygen atoms in total. The predicted octanol–water partition coefficient (Wildman–Crippen LogP) is 4.50. The van der Waals surface area contributed by atoms with Crippen LogP contribution in [0.2, 0.25) is 0 Å². The maximum absolute atomic E-state index is 13.5. The monoisotopic (exact) mass is 506 g/mol. The molecule has 1 aliphatic carbocycles. The van der Waals surface area contributed by atoms with Crippen LogP contribution >= 0.6 is 0 Å². The second-order valence-electron chi connectivity index (χ2n) is 10.2. The largest absolute Gasteiger partial charge is 0.493 e. The molecular formula is C30H38N2O5. The lowest BCUT2D eigenvalue weighted by atomic mass is 9.77. The molecule has 2 aromatic rings. The van der Waals surface area contributed by atoms with Crippen molar-refractivity contribution in [2.45, 2.75) is 58.0 Å². The Hall–Kier alpha value is -3.35. The number of ether oxygens (including phenoxy) is 2. The van der Waals surface area contributed by atoms with Gasteiger partial charge < -0.3 is 19.7 Å². The zero-order chi connectivity index (χ0) is 25.9. The Labute approximate surface area is 219 Å². The Morgan fingerprint density at radius 2 is 1.68 bits per heavy atom. The molecule has 2 aliphatic rings. The fourth-order valence-electron chi connectivity index (χ4n) is 5.42. The normalized spacial score (nSPS) is 17.4. The van der Waals surface area contributed by atoms with Gasteiger partial charge in [0.05, 0.1) is 11.3 Å². The lowest BCUT2D eigenvalue weighted by molar-refractivity contribution is -0.153. The summed E-state index contributed by atoms with van der Waals surface area (Å²) in [5.74, 6) is -0.0154. The molecule has 1 saturated carbocycles. The second kappa shape index (κ2) is 13.3. The van der Waals surface area contributed by atoms with E-state index in [2.05, 4.69) is 5.32 Å². The number of carbonyl (C=O) groups is 3. The first kappa shape index (κ1) is 26.7. The van der Waals surface area contributed by atoms with Gasteiger partial charge in [0.15, 0.2) is 0 Å². The summed E-state index contributed by atoms with van der Waals surface area (Å²) in [5.41, 5.74) is 0.309. The fourth-order valence-corrected chi connectivity index (χ4v) is 5.42. The van der Waals surface area contributed by atoms with Gasteiger partial charge in [-0.15, -0.1) is 0 Å². The number of rotatable bonds is 13. The number of hydrogen-bond donors (Lipinski definition) is 1. The summed E-state index contributed by atoms with van der Waals surface area (Å²) in [7, 11) is 0. The molecule has 1 heterocycles. The Morgan fingerprint density at radius 3 is 2.35 bits per heavy atom. The maximum atomic E-state index is 13.5. The number of likely N-dealkylation sites (tertiary alicyclic amines) is 1. The van der Waals surface area contributed by atoms with Gasteiger partial charge in [-0.2, -0.15) is 0 Å². The van der Waals surface area contributed by atoms with Crippen molar-refractivity contribution in [3.8, 4) is 5.75 Å². The highest BCUT2D eigenvalue weighted by Gasteiger charge is 2.44. The molecule has 0 aromatic heterocycles. The molecule has 1 saturated heterocycles. The van der Waals surface area contributed by atoms with Crippen LogP contribution in [0.4, 0.5) is 0 Å². The van der Waals surface area contributed by atoms with Crippen LogP contribution in [0.5, 0.6) is 5.75 Å². The first-order valence-corrected chi connectivity index (χ1v) is 13.5. The molecule has 2 amide bonds. The molecule has 0 spiro atoms. The van der Waals surface area contributed by atoms with Crippen molar-refractivity contribution in [2.75, 3.05) is 26.2 Å². The first-order valence-electron chi connectivity index (χ1n) is 13.5. The first-order chi connectivity index (χ1) is 18.1. The van der Waals surface area contributed by atoms with Crippen molar-refractivity contribution in [3.63, 3.8) is 0 Å². The molecule has 1 aliphatic heterocycles. The zero-order valence-corrected chi connectivity index (χ0v) is 21.5. The van der Waals surface area contributed by atoms with Crippen molar-refractivity contribution in [1.29, 1.82) is 0 Å². The van der Waals surface area contributed by atoms with Crippen molar-refractivity contribution >= 4 is 17.8 Å². The molecule has 1 unspecified atom stereocenters. The quantitative estimate of drug-likeness (QED) is 0.319. The van der Waals surface area contributed by atoms with Crippen molar-refractivity contribution in [1.82, 2.24) is 10.2 Å². The predicted molar refractivity (Wildman–Crippen MR) is 141 cm³/mol. The van der Waals surface area contributed by atoms with Gasteiger partial charge in [-0.25, -0.2) is 0 Å². The number of hydrogen-bond acceptors (Lipinski definition) is 5. The van der Waals surface area contributed by atoms with Gasteiger partial charge >= 0.3 is 5.97 Å². The van der Waals surface area contributed by atoms with Crippen LogP contribution in [0.3, 0.4) is 0 Å². The second-order valence-corrected chi connectivity index (χ2v) is 10.2. The molecule has 0 radical (unpaired) electrons. The molecule has 198 valence electrons. The minimum Gasteiger partial charge on any atom is -0.493 e. The molecule has 37 heavy (non-hydrogen) atoms. The number of amides is 2. The van der Waals surface area contributed by atoms with E-state index in [9.17, 15) is 14.4 Å². The van der Waals surface area contributed by atoms with Gasteiger partial charge in [0, 0.05) is 26.1 Å². The summed E-state index contributed by atoms with van der Waals surface area (Å²) in [6, 6.07) is 19.0. The average Bonchev–Trinajstić information content (AvgIpc) is 3.58. The molecule has 2 fully saturated rings.